The summed E-state index contributed by atoms with van der Waals surface area (Å²) in [4.78, 5) is 0. The highest BCUT2D eigenvalue weighted by atomic mass is 16.4. The molecule has 0 saturated heterocycles. The fourth-order valence-corrected chi connectivity index (χ4v) is 1.76. The first-order valence-corrected chi connectivity index (χ1v) is 6.45. The molecule has 0 amide bonds. The number of hydrogen-bond donors (Lipinski definition) is 4. The highest BCUT2D eigenvalue weighted by Gasteiger charge is 2.20. The van der Waals surface area contributed by atoms with E-state index in [4.69, 9.17) is 10.9 Å². The molecule has 5 heteroatoms. The van der Waals surface area contributed by atoms with Crippen LogP contribution in [0.4, 0.5) is 0 Å². The van der Waals surface area contributed by atoms with E-state index < -0.39 is 5.60 Å². The van der Waals surface area contributed by atoms with Gasteiger partial charge in [-0.25, -0.2) is 0 Å². The zero-order valence-electron chi connectivity index (χ0n) is 11.5. The number of nitrogens with one attached hydrogen (secondary N) is 1. The minimum atomic E-state index is -0.744. The SMILES string of the molecule is CCC(C)(O)CNCC(C(N)=NO)c1ccccc1. The van der Waals surface area contributed by atoms with Crippen LogP contribution in [0.5, 0.6) is 0 Å². The Morgan fingerprint density at radius 2 is 2.05 bits per heavy atom. The summed E-state index contributed by atoms with van der Waals surface area (Å²) in [6, 6.07) is 9.61. The first kappa shape index (κ1) is 15.5. The molecule has 1 aromatic rings. The molecule has 0 aliphatic carbocycles. The number of aliphatic hydroxyl groups is 1. The molecule has 5 N–H and O–H groups in total. The summed E-state index contributed by atoms with van der Waals surface area (Å²) in [7, 11) is 0. The van der Waals surface area contributed by atoms with Gasteiger partial charge in [0.2, 0.25) is 0 Å². The molecule has 5 nitrogen and oxygen atoms in total. The van der Waals surface area contributed by atoms with Crippen molar-refractivity contribution in [2.75, 3.05) is 13.1 Å². The van der Waals surface area contributed by atoms with Crippen LogP contribution < -0.4 is 11.1 Å². The first-order valence-electron chi connectivity index (χ1n) is 6.45. The van der Waals surface area contributed by atoms with Gasteiger partial charge in [0.05, 0.1) is 11.5 Å². The third kappa shape index (κ3) is 4.89. The van der Waals surface area contributed by atoms with Gasteiger partial charge in [0.25, 0.3) is 0 Å². The molecule has 0 radical (unpaired) electrons. The van der Waals surface area contributed by atoms with Crippen LogP contribution in [0.3, 0.4) is 0 Å². The van der Waals surface area contributed by atoms with Crippen LogP contribution in [-0.4, -0.2) is 34.8 Å². The van der Waals surface area contributed by atoms with Gasteiger partial charge in [0.1, 0.15) is 5.84 Å². The van der Waals surface area contributed by atoms with E-state index in [9.17, 15) is 5.11 Å². The van der Waals surface area contributed by atoms with Crippen LogP contribution in [0.25, 0.3) is 0 Å². The average molecular weight is 265 g/mol. The van der Waals surface area contributed by atoms with E-state index >= 15 is 0 Å². The Balaban J connectivity index is 2.68. The van der Waals surface area contributed by atoms with Crippen molar-refractivity contribution >= 4 is 5.84 Å². The fourth-order valence-electron chi connectivity index (χ4n) is 1.76. The van der Waals surface area contributed by atoms with Gasteiger partial charge in [-0.05, 0) is 18.9 Å². The summed E-state index contributed by atoms with van der Waals surface area (Å²) in [5.74, 6) is -0.0475. The smallest absolute Gasteiger partial charge is 0.147 e. The molecule has 0 aromatic heterocycles. The number of benzene rings is 1. The topological polar surface area (TPSA) is 90.9 Å². The zero-order chi connectivity index (χ0) is 14.3. The van der Waals surface area contributed by atoms with E-state index in [-0.39, 0.29) is 11.8 Å². The molecule has 0 aliphatic heterocycles. The molecule has 2 atom stereocenters. The van der Waals surface area contributed by atoms with Crippen LogP contribution in [-0.2, 0) is 0 Å². The normalized spacial score (nSPS) is 16.9. The van der Waals surface area contributed by atoms with Crippen molar-refractivity contribution in [2.24, 2.45) is 10.9 Å². The fraction of sp³-hybridized carbons (Fsp3) is 0.500. The molecule has 0 saturated carbocycles. The molecule has 0 bridgehead atoms. The highest BCUT2D eigenvalue weighted by molar-refractivity contribution is 5.87. The Bertz CT molecular complexity index is 404. The number of hydrogen-bond acceptors (Lipinski definition) is 4. The van der Waals surface area contributed by atoms with Gasteiger partial charge in [-0.15, -0.1) is 0 Å². The van der Waals surface area contributed by atoms with E-state index in [1.165, 1.54) is 0 Å². The van der Waals surface area contributed by atoms with Gasteiger partial charge in [0, 0.05) is 13.1 Å². The standard InChI is InChI=1S/C14H23N3O2/c1-3-14(2,18)10-16-9-12(13(15)17-19)11-7-5-4-6-8-11/h4-8,12,16,18-19H,3,9-10H2,1-2H3,(H2,15,17). The number of nitrogens with zero attached hydrogens (tertiary/aromatic N) is 1. The molecule has 0 spiro atoms. The first-order chi connectivity index (χ1) is 9.00. The van der Waals surface area contributed by atoms with Gasteiger partial charge in [0.15, 0.2) is 0 Å². The van der Waals surface area contributed by atoms with Crippen molar-refractivity contribution in [3.63, 3.8) is 0 Å². The lowest BCUT2D eigenvalue weighted by Gasteiger charge is -2.24. The summed E-state index contributed by atoms with van der Waals surface area (Å²) >= 11 is 0. The average Bonchev–Trinajstić information content (AvgIpc) is 2.44. The third-order valence-electron chi connectivity index (χ3n) is 3.29. The van der Waals surface area contributed by atoms with Crippen LogP contribution in [0.2, 0.25) is 0 Å². The van der Waals surface area contributed by atoms with Crippen LogP contribution in [0.1, 0.15) is 31.7 Å². The highest BCUT2D eigenvalue weighted by Crippen LogP contribution is 2.15. The molecule has 0 fully saturated rings. The lowest BCUT2D eigenvalue weighted by Crippen LogP contribution is -2.40. The summed E-state index contributed by atoms with van der Waals surface area (Å²) in [5, 5.41) is 25.0. The van der Waals surface area contributed by atoms with Crippen molar-refractivity contribution in [2.45, 2.75) is 31.8 Å². The predicted molar refractivity (Wildman–Crippen MR) is 76.4 cm³/mol. The van der Waals surface area contributed by atoms with E-state index in [2.05, 4.69) is 10.5 Å². The molecule has 1 rings (SSSR count). The minimum Gasteiger partial charge on any atom is -0.409 e. The summed E-state index contributed by atoms with van der Waals surface area (Å²) in [6.45, 7) is 4.68. The summed E-state index contributed by atoms with van der Waals surface area (Å²) < 4.78 is 0. The second kappa shape index (κ2) is 7.11. The maximum atomic E-state index is 9.93. The Kier molecular flexibility index (Phi) is 5.79. The van der Waals surface area contributed by atoms with Gasteiger partial charge in [-0.2, -0.15) is 0 Å². The van der Waals surface area contributed by atoms with E-state index in [1.54, 1.807) is 6.92 Å². The molecule has 2 unspecified atom stereocenters. The third-order valence-corrected chi connectivity index (χ3v) is 3.29. The van der Waals surface area contributed by atoms with Crippen molar-refractivity contribution in [1.29, 1.82) is 0 Å². The van der Waals surface area contributed by atoms with Gasteiger partial charge in [-0.1, -0.05) is 42.4 Å². The molecule has 0 heterocycles. The number of oxime groups is 1. The van der Waals surface area contributed by atoms with Crippen LogP contribution >= 0.6 is 0 Å². The number of rotatable bonds is 7. The molecule has 19 heavy (non-hydrogen) atoms. The van der Waals surface area contributed by atoms with Crippen molar-refractivity contribution in [1.82, 2.24) is 5.32 Å². The minimum absolute atomic E-state index is 0.162. The lowest BCUT2D eigenvalue weighted by atomic mass is 9.97. The summed E-state index contributed by atoms with van der Waals surface area (Å²) in [5.41, 5.74) is 5.96. The Morgan fingerprint density at radius 3 is 2.58 bits per heavy atom. The van der Waals surface area contributed by atoms with Crippen molar-refractivity contribution in [3.05, 3.63) is 35.9 Å². The molecular weight excluding hydrogens is 242 g/mol. The maximum Gasteiger partial charge on any atom is 0.147 e. The number of amidine groups is 1. The van der Waals surface area contributed by atoms with Crippen molar-refractivity contribution in [3.8, 4) is 0 Å². The van der Waals surface area contributed by atoms with Crippen LogP contribution in [0.15, 0.2) is 35.5 Å². The molecule has 0 aliphatic rings. The van der Waals surface area contributed by atoms with Gasteiger partial charge >= 0.3 is 0 Å². The second-order valence-corrected chi connectivity index (χ2v) is 4.97. The van der Waals surface area contributed by atoms with E-state index in [0.29, 0.717) is 19.5 Å². The number of nitrogens with two attached hydrogens (primary N) is 1. The molecular formula is C14H23N3O2. The summed E-state index contributed by atoms with van der Waals surface area (Å²) in [6.07, 6.45) is 0.666. The Morgan fingerprint density at radius 1 is 1.42 bits per heavy atom. The quantitative estimate of drug-likeness (QED) is 0.258. The maximum absolute atomic E-state index is 9.93. The molecule has 106 valence electrons. The lowest BCUT2D eigenvalue weighted by molar-refractivity contribution is 0.0560. The van der Waals surface area contributed by atoms with E-state index in [1.807, 2.05) is 37.3 Å². The predicted octanol–water partition coefficient (Wildman–Crippen LogP) is 1.27. The second-order valence-electron chi connectivity index (χ2n) is 4.97. The Hall–Kier alpha value is -1.59. The van der Waals surface area contributed by atoms with Crippen molar-refractivity contribution < 1.29 is 10.3 Å². The Labute approximate surface area is 114 Å². The van der Waals surface area contributed by atoms with Gasteiger partial charge < -0.3 is 21.4 Å². The monoisotopic (exact) mass is 265 g/mol. The molecule has 1 aromatic carbocycles. The van der Waals surface area contributed by atoms with Crippen LogP contribution in [0, 0.1) is 0 Å². The largest absolute Gasteiger partial charge is 0.409 e. The van der Waals surface area contributed by atoms with Gasteiger partial charge in [-0.3, -0.25) is 0 Å². The zero-order valence-corrected chi connectivity index (χ0v) is 11.5. The van der Waals surface area contributed by atoms with E-state index in [0.717, 1.165) is 5.56 Å².